The number of fused-ring (bicyclic) bond motifs is 1. The smallest absolute Gasteiger partial charge is 0.391 e. The monoisotopic (exact) mass is 509 g/mol. The van der Waals surface area contributed by atoms with Crippen LogP contribution in [0, 0.1) is 5.82 Å². The first-order valence-electron chi connectivity index (χ1n) is 10.5. The van der Waals surface area contributed by atoms with Crippen molar-refractivity contribution in [2.75, 3.05) is 0 Å². The lowest BCUT2D eigenvalue weighted by atomic mass is 10.0. The van der Waals surface area contributed by atoms with Gasteiger partial charge in [-0.1, -0.05) is 54.1 Å². The number of nitrogens with one attached hydrogen (secondary N) is 1. The van der Waals surface area contributed by atoms with Crippen molar-refractivity contribution >= 4 is 25.9 Å². The number of rotatable bonds is 6. The summed E-state index contributed by atoms with van der Waals surface area (Å²) in [6, 6.07) is 21.9. The van der Waals surface area contributed by atoms with Crippen molar-refractivity contribution in [1.82, 2.24) is 14.6 Å². The predicted molar refractivity (Wildman–Crippen MR) is 133 cm³/mol. The lowest BCUT2D eigenvalue weighted by molar-refractivity contribution is 0.374. The SMILES string of the molecule is O=c1cc(-c2ccc(F)cc2OP(O)O)n2nc(Cc3ccccc3)c(-c3ccc(Cl)cc3)c2[nH]1. The van der Waals surface area contributed by atoms with Crippen molar-refractivity contribution in [3.63, 3.8) is 0 Å². The molecule has 0 spiro atoms. The van der Waals surface area contributed by atoms with Crippen molar-refractivity contribution in [2.45, 2.75) is 6.42 Å². The summed E-state index contributed by atoms with van der Waals surface area (Å²) >= 11 is 6.10. The van der Waals surface area contributed by atoms with Crippen molar-refractivity contribution < 1.29 is 18.7 Å². The van der Waals surface area contributed by atoms with E-state index >= 15 is 0 Å². The topological polar surface area (TPSA) is 99.8 Å². The molecule has 3 N–H and O–H groups in total. The summed E-state index contributed by atoms with van der Waals surface area (Å²) < 4.78 is 20.5. The van der Waals surface area contributed by atoms with E-state index < -0.39 is 20.0 Å². The van der Waals surface area contributed by atoms with Gasteiger partial charge < -0.3 is 19.3 Å². The van der Waals surface area contributed by atoms with Gasteiger partial charge in [0.05, 0.1) is 11.4 Å². The minimum Gasteiger partial charge on any atom is -0.426 e. The van der Waals surface area contributed by atoms with Gasteiger partial charge in [-0.05, 0) is 35.4 Å². The molecule has 0 radical (unpaired) electrons. The van der Waals surface area contributed by atoms with E-state index in [1.165, 1.54) is 18.2 Å². The van der Waals surface area contributed by atoms with Gasteiger partial charge >= 0.3 is 8.60 Å². The number of hydrogen-bond acceptors (Lipinski definition) is 5. The summed E-state index contributed by atoms with van der Waals surface area (Å²) in [4.78, 5) is 34.4. The van der Waals surface area contributed by atoms with Gasteiger partial charge in [0.15, 0.2) is 0 Å². The van der Waals surface area contributed by atoms with Crippen LogP contribution in [0.4, 0.5) is 4.39 Å². The van der Waals surface area contributed by atoms with E-state index in [2.05, 4.69) is 4.98 Å². The highest BCUT2D eigenvalue weighted by molar-refractivity contribution is 7.39. The van der Waals surface area contributed by atoms with Crippen molar-refractivity contribution in [3.8, 4) is 28.1 Å². The Morgan fingerprint density at radius 3 is 2.49 bits per heavy atom. The van der Waals surface area contributed by atoms with Crippen LogP contribution in [-0.4, -0.2) is 24.4 Å². The molecule has 0 atom stereocenters. The first-order valence-corrected chi connectivity index (χ1v) is 12.0. The second-order valence-electron chi connectivity index (χ2n) is 7.75. The average molecular weight is 510 g/mol. The summed E-state index contributed by atoms with van der Waals surface area (Å²) in [6.45, 7) is 0. The van der Waals surface area contributed by atoms with Gasteiger partial charge in [0.25, 0.3) is 5.56 Å². The molecule has 5 rings (SSSR count). The Hall–Kier alpha value is -3.55. The number of aromatic nitrogens is 3. The van der Waals surface area contributed by atoms with Gasteiger partial charge in [-0.2, -0.15) is 5.10 Å². The van der Waals surface area contributed by atoms with Crippen LogP contribution in [0.15, 0.2) is 83.7 Å². The number of aromatic amines is 1. The molecule has 0 amide bonds. The highest BCUT2D eigenvalue weighted by atomic mass is 35.5. The van der Waals surface area contributed by atoms with Crippen LogP contribution in [0.5, 0.6) is 5.75 Å². The molecule has 2 aromatic heterocycles. The van der Waals surface area contributed by atoms with Crippen LogP contribution in [0.2, 0.25) is 5.02 Å². The molecule has 0 aliphatic rings. The van der Waals surface area contributed by atoms with E-state index in [-0.39, 0.29) is 11.3 Å². The van der Waals surface area contributed by atoms with Crippen LogP contribution in [0.25, 0.3) is 28.0 Å². The largest absolute Gasteiger partial charge is 0.426 e. The molecule has 176 valence electrons. The molecule has 0 saturated heterocycles. The summed E-state index contributed by atoms with van der Waals surface area (Å²) in [5.74, 6) is -0.755. The van der Waals surface area contributed by atoms with E-state index in [9.17, 15) is 19.0 Å². The van der Waals surface area contributed by atoms with Crippen molar-refractivity contribution in [2.24, 2.45) is 0 Å². The fourth-order valence-corrected chi connectivity index (χ4v) is 4.44. The third-order valence-electron chi connectivity index (χ3n) is 5.44. The molecular formula is C25H18ClFN3O4P. The average Bonchev–Trinajstić information content (AvgIpc) is 3.17. The molecule has 0 bridgehead atoms. The summed E-state index contributed by atoms with van der Waals surface area (Å²) in [5.41, 5.74) is 3.80. The zero-order chi connectivity index (χ0) is 24.5. The minimum atomic E-state index is -2.82. The Kier molecular flexibility index (Phi) is 6.36. The van der Waals surface area contributed by atoms with Crippen molar-refractivity contribution in [3.05, 3.63) is 111 Å². The standard InChI is InChI=1S/C25H18ClFN3O4P/c26-17-8-6-16(7-9-17)24-20(12-15-4-2-1-3-5-15)29-30-21(14-23(31)28-25(24)30)19-11-10-18(27)13-22(19)34-35(32)33/h1-11,13-14,32-33H,12H2,(H,28,31). The Bertz CT molecular complexity index is 1570. The van der Waals surface area contributed by atoms with Crippen LogP contribution < -0.4 is 10.1 Å². The molecule has 7 nitrogen and oxygen atoms in total. The summed E-state index contributed by atoms with van der Waals surface area (Å²) in [5, 5.41) is 5.38. The summed E-state index contributed by atoms with van der Waals surface area (Å²) in [6.07, 6.45) is 0.479. The van der Waals surface area contributed by atoms with Gasteiger partial charge in [0.1, 0.15) is 17.2 Å². The Labute approximate surface area is 205 Å². The molecule has 5 aromatic rings. The molecule has 0 aliphatic carbocycles. The third-order valence-corrected chi connectivity index (χ3v) is 6.05. The second kappa shape index (κ2) is 9.60. The van der Waals surface area contributed by atoms with Crippen LogP contribution >= 0.6 is 20.2 Å². The van der Waals surface area contributed by atoms with Gasteiger partial charge in [-0.25, -0.2) is 8.91 Å². The van der Waals surface area contributed by atoms with Gasteiger partial charge in [-0.3, -0.25) is 4.79 Å². The molecule has 2 heterocycles. The van der Waals surface area contributed by atoms with E-state index in [1.54, 1.807) is 16.6 Å². The maximum Gasteiger partial charge on any atom is 0.391 e. The quantitative estimate of drug-likeness (QED) is 0.269. The normalized spacial score (nSPS) is 11.3. The number of nitrogens with zero attached hydrogens (tertiary/aromatic N) is 2. The molecule has 3 aromatic carbocycles. The molecule has 10 heteroatoms. The second-order valence-corrected chi connectivity index (χ2v) is 8.88. The lowest BCUT2D eigenvalue weighted by Crippen LogP contribution is -2.10. The van der Waals surface area contributed by atoms with Gasteiger partial charge in [0.2, 0.25) is 0 Å². The van der Waals surface area contributed by atoms with E-state index in [1.807, 2.05) is 42.5 Å². The third kappa shape index (κ3) is 4.83. The van der Waals surface area contributed by atoms with E-state index in [0.29, 0.717) is 34.0 Å². The first kappa shape index (κ1) is 23.2. The molecule has 0 aliphatic heterocycles. The fraction of sp³-hybridized carbons (Fsp3) is 0.0400. The zero-order valence-corrected chi connectivity index (χ0v) is 19.7. The molecule has 0 saturated carbocycles. The number of hydrogen-bond donors (Lipinski definition) is 3. The van der Waals surface area contributed by atoms with E-state index in [0.717, 1.165) is 17.2 Å². The predicted octanol–water partition coefficient (Wildman–Crippen LogP) is 5.33. The van der Waals surface area contributed by atoms with Crippen molar-refractivity contribution in [1.29, 1.82) is 0 Å². The number of benzene rings is 3. The Morgan fingerprint density at radius 2 is 1.77 bits per heavy atom. The Morgan fingerprint density at radius 1 is 1.03 bits per heavy atom. The maximum atomic E-state index is 13.9. The van der Waals surface area contributed by atoms with Crippen LogP contribution in [0.1, 0.15) is 11.3 Å². The van der Waals surface area contributed by atoms with E-state index in [4.69, 9.17) is 21.2 Å². The minimum absolute atomic E-state index is 0.124. The molecule has 0 fully saturated rings. The molecule has 35 heavy (non-hydrogen) atoms. The summed E-state index contributed by atoms with van der Waals surface area (Å²) in [7, 11) is -2.82. The maximum absolute atomic E-state index is 13.9. The zero-order valence-electron chi connectivity index (χ0n) is 18.0. The van der Waals surface area contributed by atoms with Crippen LogP contribution in [0.3, 0.4) is 0 Å². The molecule has 0 unspecified atom stereocenters. The Balaban J connectivity index is 1.79. The highest BCUT2D eigenvalue weighted by Gasteiger charge is 2.21. The highest BCUT2D eigenvalue weighted by Crippen LogP contribution is 2.38. The lowest BCUT2D eigenvalue weighted by Gasteiger charge is -2.12. The first-order chi connectivity index (χ1) is 16.9. The number of halogens is 2. The van der Waals surface area contributed by atoms with Gasteiger partial charge in [-0.15, -0.1) is 0 Å². The number of H-pyrrole nitrogens is 1. The van der Waals surface area contributed by atoms with Gasteiger partial charge in [0, 0.05) is 34.7 Å². The fourth-order valence-electron chi connectivity index (χ4n) is 3.99. The van der Waals surface area contributed by atoms with Crippen LogP contribution in [-0.2, 0) is 6.42 Å². The molecular weight excluding hydrogens is 492 g/mol.